The fourth-order valence-corrected chi connectivity index (χ4v) is 2.19. The summed E-state index contributed by atoms with van der Waals surface area (Å²) >= 11 is 0. The molecule has 2 aliphatic carbocycles. The summed E-state index contributed by atoms with van der Waals surface area (Å²) < 4.78 is 0. The molecule has 0 heteroatoms. The standard InChI is InChI=1S/C13H18/c1-10(2)12-8-7-11-5-3-4-6-13(11)9-12/h3-4,7-11,13H,5-6H2,1-2H3. The van der Waals surface area contributed by atoms with Crippen LogP contribution in [0.1, 0.15) is 26.7 Å². The molecule has 0 aliphatic heterocycles. The van der Waals surface area contributed by atoms with Crippen LogP contribution in [0, 0.1) is 17.8 Å². The van der Waals surface area contributed by atoms with Crippen molar-refractivity contribution in [3.05, 3.63) is 36.0 Å². The lowest BCUT2D eigenvalue weighted by atomic mass is 9.77. The third-order valence-electron chi connectivity index (χ3n) is 3.14. The van der Waals surface area contributed by atoms with Crippen molar-refractivity contribution in [1.29, 1.82) is 0 Å². The van der Waals surface area contributed by atoms with Crippen molar-refractivity contribution in [3.63, 3.8) is 0 Å². The molecule has 70 valence electrons. The summed E-state index contributed by atoms with van der Waals surface area (Å²) in [5.41, 5.74) is 1.52. The van der Waals surface area contributed by atoms with Gasteiger partial charge in [0, 0.05) is 0 Å². The van der Waals surface area contributed by atoms with Gasteiger partial charge in [-0.2, -0.15) is 0 Å². The van der Waals surface area contributed by atoms with E-state index in [0.717, 1.165) is 11.8 Å². The third kappa shape index (κ3) is 1.77. The van der Waals surface area contributed by atoms with Crippen molar-refractivity contribution in [2.45, 2.75) is 26.7 Å². The molecule has 0 bridgehead atoms. The Hall–Kier alpha value is -0.780. The van der Waals surface area contributed by atoms with Crippen LogP contribution < -0.4 is 0 Å². The summed E-state index contributed by atoms with van der Waals surface area (Å²) in [5.74, 6) is 2.25. The molecule has 0 N–H and O–H groups in total. The Balaban J connectivity index is 2.17. The monoisotopic (exact) mass is 174 g/mol. The predicted molar refractivity (Wildman–Crippen MR) is 57.4 cm³/mol. The molecule has 2 unspecified atom stereocenters. The van der Waals surface area contributed by atoms with Gasteiger partial charge in [-0.3, -0.25) is 0 Å². The van der Waals surface area contributed by atoms with Gasteiger partial charge in [-0.1, -0.05) is 44.2 Å². The van der Waals surface area contributed by atoms with Gasteiger partial charge in [0.2, 0.25) is 0 Å². The molecule has 0 nitrogen and oxygen atoms in total. The first-order valence-electron chi connectivity index (χ1n) is 5.32. The molecule has 13 heavy (non-hydrogen) atoms. The number of allylic oxidation sites excluding steroid dienone is 6. The van der Waals surface area contributed by atoms with E-state index in [9.17, 15) is 0 Å². The molecule has 2 atom stereocenters. The lowest BCUT2D eigenvalue weighted by molar-refractivity contribution is 0.453. The van der Waals surface area contributed by atoms with E-state index in [1.54, 1.807) is 0 Å². The summed E-state index contributed by atoms with van der Waals surface area (Å²) in [6, 6.07) is 0. The second-order valence-corrected chi connectivity index (χ2v) is 4.45. The van der Waals surface area contributed by atoms with E-state index >= 15 is 0 Å². The van der Waals surface area contributed by atoms with Gasteiger partial charge in [0.25, 0.3) is 0 Å². The number of fused-ring (bicyclic) bond motifs is 1. The molecule has 0 saturated heterocycles. The number of rotatable bonds is 1. The van der Waals surface area contributed by atoms with E-state index in [0.29, 0.717) is 5.92 Å². The molecule has 2 rings (SSSR count). The van der Waals surface area contributed by atoms with Gasteiger partial charge in [0.1, 0.15) is 0 Å². The molecule has 0 saturated carbocycles. The van der Waals surface area contributed by atoms with Crippen LogP contribution in [0.2, 0.25) is 0 Å². The maximum atomic E-state index is 2.48. The summed E-state index contributed by atoms with van der Waals surface area (Å²) in [6.45, 7) is 4.55. The Labute approximate surface area is 81.0 Å². The molecular formula is C13H18. The van der Waals surface area contributed by atoms with Crippen molar-refractivity contribution < 1.29 is 0 Å². The quantitative estimate of drug-likeness (QED) is 0.531. The maximum absolute atomic E-state index is 2.48. The van der Waals surface area contributed by atoms with E-state index in [1.165, 1.54) is 18.4 Å². The predicted octanol–water partition coefficient (Wildman–Crippen LogP) is 3.72. The van der Waals surface area contributed by atoms with Crippen LogP contribution in [-0.2, 0) is 0 Å². The molecule has 0 aromatic carbocycles. The zero-order chi connectivity index (χ0) is 9.26. The maximum Gasteiger partial charge on any atom is -0.0127 e. The average molecular weight is 174 g/mol. The lowest BCUT2D eigenvalue weighted by Crippen LogP contribution is -2.16. The Kier molecular flexibility index (Phi) is 2.39. The number of hydrogen-bond acceptors (Lipinski definition) is 0. The molecule has 0 amide bonds. The molecular weight excluding hydrogens is 156 g/mol. The first-order valence-corrected chi connectivity index (χ1v) is 5.32. The Morgan fingerprint density at radius 1 is 1.15 bits per heavy atom. The normalized spacial score (nSPS) is 31.8. The van der Waals surface area contributed by atoms with Crippen LogP contribution in [0.4, 0.5) is 0 Å². The van der Waals surface area contributed by atoms with E-state index < -0.39 is 0 Å². The summed E-state index contributed by atoms with van der Waals surface area (Å²) in [6.07, 6.45) is 14.3. The SMILES string of the molecule is CC(C)C1=CC2CC=CCC2C=C1. The molecule has 0 fully saturated rings. The summed E-state index contributed by atoms with van der Waals surface area (Å²) in [4.78, 5) is 0. The van der Waals surface area contributed by atoms with Crippen LogP contribution in [0.15, 0.2) is 36.0 Å². The second-order valence-electron chi connectivity index (χ2n) is 4.45. The molecule has 0 aromatic heterocycles. The van der Waals surface area contributed by atoms with Crippen molar-refractivity contribution >= 4 is 0 Å². The highest BCUT2D eigenvalue weighted by atomic mass is 14.3. The van der Waals surface area contributed by atoms with Gasteiger partial charge >= 0.3 is 0 Å². The van der Waals surface area contributed by atoms with Crippen molar-refractivity contribution in [2.24, 2.45) is 17.8 Å². The summed E-state index contributed by atoms with van der Waals surface area (Å²) in [5, 5.41) is 0. The smallest absolute Gasteiger partial charge is 0.0127 e. The minimum atomic E-state index is 0.683. The van der Waals surface area contributed by atoms with E-state index in [-0.39, 0.29) is 0 Å². The highest BCUT2D eigenvalue weighted by Gasteiger charge is 2.21. The van der Waals surface area contributed by atoms with Gasteiger partial charge in [0.05, 0.1) is 0 Å². The van der Waals surface area contributed by atoms with Gasteiger partial charge in [-0.15, -0.1) is 0 Å². The highest BCUT2D eigenvalue weighted by molar-refractivity contribution is 5.28. The molecule has 0 spiro atoms. The van der Waals surface area contributed by atoms with E-state index in [4.69, 9.17) is 0 Å². The van der Waals surface area contributed by atoms with Gasteiger partial charge < -0.3 is 0 Å². The average Bonchev–Trinajstić information content (AvgIpc) is 2.17. The minimum absolute atomic E-state index is 0.683. The van der Waals surface area contributed by atoms with E-state index in [2.05, 4.69) is 44.2 Å². The second kappa shape index (κ2) is 3.53. The summed E-state index contributed by atoms with van der Waals surface area (Å²) in [7, 11) is 0. The largest absolute Gasteiger partial charge is 0.0879 e. The number of hydrogen-bond donors (Lipinski definition) is 0. The Morgan fingerprint density at radius 2 is 1.85 bits per heavy atom. The highest BCUT2D eigenvalue weighted by Crippen LogP contribution is 2.33. The van der Waals surface area contributed by atoms with Gasteiger partial charge in [-0.25, -0.2) is 0 Å². The Bertz CT molecular complexity index is 266. The fraction of sp³-hybridized carbons (Fsp3) is 0.538. The van der Waals surface area contributed by atoms with Crippen molar-refractivity contribution in [2.75, 3.05) is 0 Å². The van der Waals surface area contributed by atoms with Gasteiger partial charge in [0.15, 0.2) is 0 Å². The van der Waals surface area contributed by atoms with Crippen LogP contribution in [0.3, 0.4) is 0 Å². The van der Waals surface area contributed by atoms with Crippen molar-refractivity contribution in [3.8, 4) is 0 Å². The zero-order valence-electron chi connectivity index (χ0n) is 8.53. The first-order chi connectivity index (χ1) is 6.27. The van der Waals surface area contributed by atoms with Crippen LogP contribution in [-0.4, -0.2) is 0 Å². The molecule has 2 aliphatic rings. The Morgan fingerprint density at radius 3 is 2.54 bits per heavy atom. The lowest BCUT2D eigenvalue weighted by Gasteiger charge is -2.28. The topological polar surface area (TPSA) is 0 Å². The van der Waals surface area contributed by atoms with Crippen LogP contribution in [0.25, 0.3) is 0 Å². The third-order valence-corrected chi connectivity index (χ3v) is 3.14. The van der Waals surface area contributed by atoms with Crippen LogP contribution in [0.5, 0.6) is 0 Å². The van der Waals surface area contributed by atoms with Crippen molar-refractivity contribution in [1.82, 2.24) is 0 Å². The zero-order valence-corrected chi connectivity index (χ0v) is 8.53. The first kappa shape index (κ1) is 8.80. The van der Waals surface area contributed by atoms with Gasteiger partial charge in [-0.05, 0) is 36.2 Å². The van der Waals surface area contributed by atoms with Crippen LogP contribution >= 0.6 is 0 Å². The van der Waals surface area contributed by atoms with E-state index in [1.807, 2.05) is 0 Å². The fourth-order valence-electron chi connectivity index (χ4n) is 2.19. The molecule has 0 radical (unpaired) electrons. The minimum Gasteiger partial charge on any atom is -0.0879 e. The molecule has 0 heterocycles. The molecule has 0 aromatic rings.